The van der Waals surface area contributed by atoms with Crippen LogP contribution in [0, 0.1) is 5.92 Å². The molecular formula is C21H23ClN4O4S3. The monoisotopic (exact) mass is 526 g/mol. The largest absolute Gasteiger partial charge is 0.350 e. The molecule has 0 radical (unpaired) electrons. The highest BCUT2D eigenvalue weighted by molar-refractivity contribution is 7.91. The van der Waals surface area contributed by atoms with Crippen LogP contribution in [0.3, 0.4) is 0 Å². The standard InChI is InChI=1S/C21H23ClN4O4S3/c1-13(2)9-23-21(28)16-12-31-18(24-16)10-25-5-6-26(11-19(25)27)33(29,30)20-7-14-3-4-15(22)8-17(14)32-20/h3-4,7-8,12-13H,5-6,9-11H2,1-2H3,(H,23,28). The number of thiazole rings is 1. The lowest BCUT2D eigenvalue weighted by Crippen LogP contribution is -2.51. The van der Waals surface area contributed by atoms with Crippen molar-refractivity contribution in [3.05, 3.63) is 45.4 Å². The molecule has 0 saturated carbocycles. The summed E-state index contributed by atoms with van der Waals surface area (Å²) in [5, 5.41) is 6.46. The van der Waals surface area contributed by atoms with Crippen molar-refractivity contribution in [1.82, 2.24) is 19.5 Å². The van der Waals surface area contributed by atoms with Gasteiger partial charge in [0, 0.05) is 34.7 Å². The molecule has 0 atom stereocenters. The minimum Gasteiger partial charge on any atom is -0.350 e. The summed E-state index contributed by atoms with van der Waals surface area (Å²) < 4.78 is 28.4. The van der Waals surface area contributed by atoms with Crippen LogP contribution in [-0.2, 0) is 21.4 Å². The molecule has 0 unspecified atom stereocenters. The van der Waals surface area contributed by atoms with E-state index in [0.29, 0.717) is 28.2 Å². The normalized spacial score (nSPS) is 15.5. The molecule has 1 aliphatic heterocycles. The Morgan fingerprint density at radius 3 is 2.79 bits per heavy atom. The third-order valence-electron chi connectivity index (χ3n) is 5.12. The second kappa shape index (κ2) is 9.67. The van der Waals surface area contributed by atoms with Gasteiger partial charge >= 0.3 is 0 Å². The quantitative estimate of drug-likeness (QED) is 0.508. The minimum absolute atomic E-state index is 0.191. The maximum Gasteiger partial charge on any atom is 0.270 e. The summed E-state index contributed by atoms with van der Waals surface area (Å²) >= 11 is 8.46. The molecular weight excluding hydrogens is 504 g/mol. The summed E-state index contributed by atoms with van der Waals surface area (Å²) in [6, 6.07) is 6.84. The highest BCUT2D eigenvalue weighted by Crippen LogP contribution is 2.33. The lowest BCUT2D eigenvalue weighted by atomic mass is 10.2. The number of nitrogens with zero attached hydrogens (tertiary/aromatic N) is 3. The first-order valence-corrected chi connectivity index (χ1v) is 13.8. The average Bonchev–Trinajstić information content (AvgIpc) is 3.40. The number of fused-ring (bicyclic) bond motifs is 1. The van der Waals surface area contributed by atoms with Crippen LogP contribution < -0.4 is 5.32 Å². The van der Waals surface area contributed by atoms with Gasteiger partial charge in [-0.15, -0.1) is 22.7 Å². The van der Waals surface area contributed by atoms with Gasteiger partial charge < -0.3 is 10.2 Å². The first kappa shape index (κ1) is 24.1. The van der Waals surface area contributed by atoms with Gasteiger partial charge in [-0.3, -0.25) is 9.59 Å². The van der Waals surface area contributed by atoms with Crippen molar-refractivity contribution in [2.75, 3.05) is 26.2 Å². The zero-order valence-corrected chi connectivity index (χ0v) is 21.3. The van der Waals surface area contributed by atoms with Gasteiger partial charge in [-0.05, 0) is 29.5 Å². The van der Waals surface area contributed by atoms with Gasteiger partial charge in [0.2, 0.25) is 5.91 Å². The summed E-state index contributed by atoms with van der Waals surface area (Å²) in [6.45, 7) is 5.04. The van der Waals surface area contributed by atoms with E-state index >= 15 is 0 Å². The molecule has 176 valence electrons. The van der Waals surface area contributed by atoms with Crippen LogP contribution in [0.2, 0.25) is 5.02 Å². The van der Waals surface area contributed by atoms with E-state index in [-0.39, 0.29) is 42.2 Å². The van der Waals surface area contributed by atoms with Gasteiger partial charge in [-0.25, -0.2) is 13.4 Å². The third-order valence-corrected chi connectivity index (χ3v) is 9.58. The van der Waals surface area contributed by atoms with Gasteiger partial charge in [0.25, 0.3) is 15.9 Å². The van der Waals surface area contributed by atoms with Crippen molar-refractivity contribution in [2.24, 2.45) is 5.92 Å². The Morgan fingerprint density at radius 1 is 1.27 bits per heavy atom. The van der Waals surface area contributed by atoms with Crippen LogP contribution in [0.4, 0.5) is 0 Å². The molecule has 0 aliphatic carbocycles. The number of halogens is 1. The summed E-state index contributed by atoms with van der Waals surface area (Å²) in [4.78, 5) is 30.8. The summed E-state index contributed by atoms with van der Waals surface area (Å²) in [7, 11) is -3.79. The predicted octanol–water partition coefficient (Wildman–Crippen LogP) is 3.43. The van der Waals surface area contributed by atoms with Crippen LogP contribution in [0.1, 0.15) is 29.3 Å². The lowest BCUT2D eigenvalue weighted by molar-refractivity contribution is -0.134. The number of aromatic nitrogens is 1. The fourth-order valence-corrected chi connectivity index (χ4v) is 7.33. The number of carbonyl (C=O) groups excluding carboxylic acids is 2. The molecule has 33 heavy (non-hydrogen) atoms. The second-order valence-corrected chi connectivity index (χ2v) is 12.8. The molecule has 2 amide bonds. The SMILES string of the molecule is CC(C)CNC(=O)c1csc(CN2CCN(S(=O)(=O)c3cc4ccc(Cl)cc4s3)CC2=O)n1. The lowest BCUT2D eigenvalue weighted by Gasteiger charge is -2.32. The Kier molecular flexibility index (Phi) is 7.06. The molecule has 3 aromatic rings. The van der Waals surface area contributed by atoms with Crippen LogP contribution in [0.25, 0.3) is 10.1 Å². The molecule has 1 fully saturated rings. The molecule has 1 saturated heterocycles. The number of nitrogens with one attached hydrogen (secondary N) is 1. The molecule has 4 rings (SSSR count). The van der Waals surface area contributed by atoms with E-state index in [4.69, 9.17) is 11.6 Å². The maximum absolute atomic E-state index is 13.1. The van der Waals surface area contributed by atoms with E-state index in [2.05, 4.69) is 10.3 Å². The van der Waals surface area contributed by atoms with Crippen molar-refractivity contribution in [3.8, 4) is 0 Å². The highest BCUT2D eigenvalue weighted by Gasteiger charge is 2.34. The van der Waals surface area contributed by atoms with Crippen molar-refractivity contribution < 1.29 is 18.0 Å². The number of amides is 2. The molecule has 12 heteroatoms. The Morgan fingerprint density at radius 2 is 2.06 bits per heavy atom. The van der Waals surface area contributed by atoms with Gasteiger partial charge in [0.1, 0.15) is 14.9 Å². The molecule has 0 bridgehead atoms. The van der Waals surface area contributed by atoms with E-state index in [0.717, 1.165) is 21.4 Å². The zero-order chi connectivity index (χ0) is 23.8. The summed E-state index contributed by atoms with van der Waals surface area (Å²) in [6.07, 6.45) is 0. The highest BCUT2D eigenvalue weighted by atomic mass is 35.5. The first-order valence-electron chi connectivity index (χ1n) is 10.3. The Balaban J connectivity index is 1.40. The average molecular weight is 527 g/mol. The van der Waals surface area contributed by atoms with E-state index in [1.54, 1.807) is 34.5 Å². The van der Waals surface area contributed by atoms with Crippen molar-refractivity contribution in [3.63, 3.8) is 0 Å². The second-order valence-electron chi connectivity index (χ2n) is 8.13. The van der Waals surface area contributed by atoms with Gasteiger partial charge in [-0.2, -0.15) is 4.31 Å². The number of rotatable bonds is 7. The number of benzene rings is 1. The van der Waals surface area contributed by atoms with E-state index in [1.807, 2.05) is 13.8 Å². The number of hydrogen-bond donors (Lipinski definition) is 1. The Hall–Kier alpha value is -2.05. The number of piperazine rings is 1. The predicted molar refractivity (Wildman–Crippen MR) is 130 cm³/mol. The van der Waals surface area contributed by atoms with Crippen molar-refractivity contribution in [2.45, 2.75) is 24.6 Å². The summed E-state index contributed by atoms with van der Waals surface area (Å²) in [5.41, 5.74) is 0.328. The fraction of sp³-hybridized carbons (Fsp3) is 0.381. The summed E-state index contributed by atoms with van der Waals surface area (Å²) in [5.74, 6) is -0.198. The molecule has 0 spiro atoms. The Bertz CT molecular complexity index is 1300. The minimum atomic E-state index is -3.79. The van der Waals surface area contributed by atoms with Gasteiger partial charge in [0.05, 0.1) is 13.1 Å². The molecule has 8 nitrogen and oxygen atoms in total. The number of sulfonamides is 1. The van der Waals surface area contributed by atoms with Crippen molar-refractivity contribution >= 4 is 66.2 Å². The number of carbonyl (C=O) groups is 2. The van der Waals surface area contributed by atoms with E-state index < -0.39 is 10.0 Å². The smallest absolute Gasteiger partial charge is 0.270 e. The van der Waals surface area contributed by atoms with E-state index in [1.165, 1.54) is 15.6 Å². The first-order chi connectivity index (χ1) is 15.6. The van der Waals surface area contributed by atoms with Crippen LogP contribution in [0.15, 0.2) is 33.9 Å². The zero-order valence-electron chi connectivity index (χ0n) is 18.1. The fourth-order valence-electron chi connectivity index (χ4n) is 3.33. The van der Waals surface area contributed by atoms with Gasteiger partial charge in [0.15, 0.2) is 0 Å². The molecule has 1 aliphatic rings. The van der Waals surface area contributed by atoms with Gasteiger partial charge in [-0.1, -0.05) is 31.5 Å². The number of thiophene rings is 1. The van der Waals surface area contributed by atoms with Crippen LogP contribution in [-0.4, -0.2) is 60.6 Å². The molecule has 3 heterocycles. The Labute approximate surface area is 205 Å². The van der Waals surface area contributed by atoms with E-state index in [9.17, 15) is 18.0 Å². The topological polar surface area (TPSA) is 99.7 Å². The van der Waals surface area contributed by atoms with Crippen molar-refractivity contribution in [1.29, 1.82) is 0 Å². The molecule has 1 N–H and O–H groups in total. The van der Waals surface area contributed by atoms with Crippen LogP contribution >= 0.6 is 34.3 Å². The third kappa shape index (κ3) is 5.38. The maximum atomic E-state index is 13.1. The molecule has 2 aromatic heterocycles. The van der Waals surface area contributed by atoms with Crippen LogP contribution in [0.5, 0.6) is 0 Å². The number of hydrogen-bond acceptors (Lipinski definition) is 7. The molecule has 1 aromatic carbocycles.